The number of halogens is 2. The Morgan fingerprint density at radius 3 is 2.70 bits per heavy atom. The second kappa shape index (κ2) is 5.88. The second-order valence-electron chi connectivity index (χ2n) is 4.31. The molecule has 0 fully saturated rings. The van der Waals surface area contributed by atoms with Crippen molar-refractivity contribution in [1.82, 2.24) is 0 Å². The molecular formula is C14H12ClFN2O2. The first-order chi connectivity index (χ1) is 9.49. The molecule has 1 N–H and O–H groups in total. The van der Waals surface area contributed by atoms with Gasteiger partial charge in [-0.25, -0.2) is 4.39 Å². The van der Waals surface area contributed by atoms with Crippen molar-refractivity contribution in [3.8, 4) is 0 Å². The molecule has 1 atom stereocenters. The monoisotopic (exact) mass is 294 g/mol. The van der Waals surface area contributed by atoms with Crippen LogP contribution in [-0.2, 0) is 0 Å². The first-order valence-corrected chi connectivity index (χ1v) is 6.31. The van der Waals surface area contributed by atoms with Gasteiger partial charge in [-0.15, -0.1) is 0 Å². The number of nitrogens with zero attached hydrogens (tertiary/aromatic N) is 1. The molecule has 0 radical (unpaired) electrons. The van der Waals surface area contributed by atoms with Crippen molar-refractivity contribution >= 4 is 23.0 Å². The highest BCUT2D eigenvalue weighted by molar-refractivity contribution is 6.30. The van der Waals surface area contributed by atoms with Gasteiger partial charge in [0.1, 0.15) is 5.82 Å². The van der Waals surface area contributed by atoms with Gasteiger partial charge in [0.15, 0.2) is 0 Å². The minimum absolute atomic E-state index is 0.00469. The van der Waals surface area contributed by atoms with Crippen LogP contribution in [-0.4, -0.2) is 4.92 Å². The van der Waals surface area contributed by atoms with Gasteiger partial charge in [-0.1, -0.05) is 29.8 Å². The Balaban J connectivity index is 2.31. The molecule has 0 aromatic heterocycles. The molecule has 0 amide bonds. The lowest BCUT2D eigenvalue weighted by atomic mass is 10.1. The molecule has 0 aliphatic carbocycles. The van der Waals surface area contributed by atoms with Crippen molar-refractivity contribution in [2.45, 2.75) is 13.0 Å². The van der Waals surface area contributed by atoms with Crippen LogP contribution in [0, 0.1) is 15.9 Å². The lowest BCUT2D eigenvalue weighted by molar-refractivity contribution is -0.385. The average molecular weight is 295 g/mol. The van der Waals surface area contributed by atoms with Crippen molar-refractivity contribution < 1.29 is 9.31 Å². The molecule has 20 heavy (non-hydrogen) atoms. The molecule has 1 unspecified atom stereocenters. The highest BCUT2D eigenvalue weighted by Crippen LogP contribution is 2.29. The highest BCUT2D eigenvalue weighted by Gasteiger charge is 2.18. The van der Waals surface area contributed by atoms with E-state index in [0.717, 1.165) is 0 Å². The molecule has 2 aromatic rings. The molecule has 0 spiro atoms. The summed E-state index contributed by atoms with van der Waals surface area (Å²) in [6.07, 6.45) is 0. The van der Waals surface area contributed by atoms with E-state index in [0.29, 0.717) is 10.6 Å². The highest BCUT2D eigenvalue weighted by atomic mass is 35.5. The second-order valence-corrected chi connectivity index (χ2v) is 4.74. The topological polar surface area (TPSA) is 55.2 Å². The van der Waals surface area contributed by atoms with Crippen LogP contribution in [0.25, 0.3) is 0 Å². The van der Waals surface area contributed by atoms with E-state index in [9.17, 15) is 14.5 Å². The van der Waals surface area contributed by atoms with Gasteiger partial charge in [-0.05, 0) is 25.1 Å². The molecule has 6 heteroatoms. The quantitative estimate of drug-likeness (QED) is 0.664. The minimum Gasteiger partial charge on any atom is -0.376 e. The number of para-hydroxylation sites is 1. The number of nitrogens with one attached hydrogen (secondary N) is 1. The molecule has 0 bridgehead atoms. The Labute approximate surface area is 120 Å². The van der Waals surface area contributed by atoms with E-state index >= 15 is 0 Å². The van der Waals surface area contributed by atoms with E-state index in [2.05, 4.69) is 5.32 Å². The number of anilines is 1. The van der Waals surface area contributed by atoms with Crippen LogP contribution in [0.15, 0.2) is 42.5 Å². The minimum atomic E-state index is -0.458. The lowest BCUT2D eigenvalue weighted by Gasteiger charge is -2.16. The van der Waals surface area contributed by atoms with Gasteiger partial charge in [-0.2, -0.15) is 0 Å². The van der Waals surface area contributed by atoms with Crippen LogP contribution in [0.2, 0.25) is 5.02 Å². The van der Waals surface area contributed by atoms with Gasteiger partial charge < -0.3 is 5.32 Å². The van der Waals surface area contributed by atoms with Gasteiger partial charge in [0.05, 0.1) is 22.2 Å². The van der Waals surface area contributed by atoms with E-state index in [1.807, 2.05) is 0 Å². The van der Waals surface area contributed by atoms with E-state index < -0.39 is 16.8 Å². The third-order valence-corrected chi connectivity index (χ3v) is 3.14. The third-order valence-electron chi connectivity index (χ3n) is 2.90. The van der Waals surface area contributed by atoms with Crippen molar-refractivity contribution in [1.29, 1.82) is 0 Å². The third kappa shape index (κ3) is 3.05. The molecular weight excluding hydrogens is 283 g/mol. The van der Waals surface area contributed by atoms with Crippen LogP contribution in [0.4, 0.5) is 15.8 Å². The fourth-order valence-corrected chi connectivity index (χ4v) is 2.11. The molecule has 2 rings (SSSR count). The zero-order chi connectivity index (χ0) is 14.7. The molecule has 0 heterocycles. The normalized spacial score (nSPS) is 11.9. The van der Waals surface area contributed by atoms with Gasteiger partial charge in [0.25, 0.3) is 5.69 Å². The number of hydrogen-bond acceptors (Lipinski definition) is 3. The summed E-state index contributed by atoms with van der Waals surface area (Å²) in [6.45, 7) is 1.72. The van der Waals surface area contributed by atoms with Crippen molar-refractivity contribution in [2.75, 3.05) is 5.32 Å². The first kappa shape index (κ1) is 14.3. The van der Waals surface area contributed by atoms with E-state index in [-0.39, 0.29) is 11.4 Å². The van der Waals surface area contributed by atoms with Crippen LogP contribution < -0.4 is 5.32 Å². The number of benzene rings is 2. The maximum atomic E-state index is 13.6. The van der Waals surface area contributed by atoms with Gasteiger partial charge in [0.2, 0.25) is 0 Å². The largest absolute Gasteiger partial charge is 0.376 e. The standard InChI is InChI=1S/C14H12ClFN2O2/c1-9(11-4-2-3-5-14(11)18(19)20)17-13-8-10(15)6-7-12(13)16/h2-9,17H,1H3. The molecule has 0 aliphatic rings. The van der Waals surface area contributed by atoms with Crippen molar-refractivity contribution in [2.24, 2.45) is 0 Å². The van der Waals surface area contributed by atoms with E-state index in [1.165, 1.54) is 24.3 Å². The average Bonchev–Trinajstić information content (AvgIpc) is 2.42. The van der Waals surface area contributed by atoms with Crippen LogP contribution in [0.1, 0.15) is 18.5 Å². The van der Waals surface area contributed by atoms with Crippen LogP contribution in [0.3, 0.4) is 0 Å². The zero-order valence-corrected chi connectivity index (χ0v) is 11.4. The Morgan fingerprint density at radius 2 is 2.00 bits per heavy atom. The molecule has 0 saturated heterocycles. The van der Waals surface area contributed by atoms with E-state index in [1.54, 1.807) is 25.1 Å². The van der Waals surface area contributed by atoms with Crippen LogP contribution >= 0.6 is 11.6 Å². The lowest BCUT2D eigenvalue weighted by Crippen LogP contribution is -2.10. The zero-order valence-electron chi connectivity index (χ0n) is 10.6. The fourth-order valence-electron chi connectivity index (χ4n) is 1.94. The van der Waals surface area contributed by atoms with Gasteiger partial charge in [0, 0.05) is 11.1 Å². The fraction of sp³-hybridized carbons (Fsp3) is 0.143. The Hall–Kier alpha value is -2.14. The Kier molecular flexibility index (Phi) is 4.20. The van der Waals surface area contributed by atoms with Gasteiger partial charge >= 0.3 is 0 Å². The van der Waals surface area contributed by atoms with Crippen molar-refractivity contribution in [3.05, 3.63) is 69.0 Å². The predicted octanol–water partition coefficient (Wildman–Crippen LogP) is 4.56. The summed E-state index contributed by atoms with van der Waals surface area (Å²) >= 11 is 5.81. The summed E-state index contributed by atoms with van der Waals surface area (Å²) in [4.78, 5) is 10.5. The Bertz CT molecular complexity index is 649. The molecule has 4 nitrogen and oxygen atoms in total. The molecule has 0 aliphatic heterocycles. The first-order valence-electron chi connectivity index (χ1n) is 5.94. The summed E-state index contributed by atoms with van der Waals surface area (Å²) < 4.78 is 13.6. The molecule has 104 valence electrons. The van der Waals surface area contributed by atoms with Crippen LogP contribution in [0.5, 0.6) is 0 Å². The summed E-state index contributed by atoms with van der Waals surface area (Å²) in [5, 5.41) is 14.3. The summed E-state index contributed by atoms with van der Waals surface area (Å²) in [5.41, 5.74) is 0.690. The Morgan fingerprint density at radius 1 is 1.30 bits per heavy atom. The summed E-state index contributed by atoms with van der Waals surface area (Å²) in [5.74, 6) is -0.458. The number of rotatable bonds is 4. The maximum Gasteiger partial charge on any atom is 0.274 e. The number of hydrogen-bond donors (Lipinski definition) is 1. The SMILES string of the molecule is CC(Nc1cc(Cl)ccc1F)c1ccccc1[N+](=O)[O-]. The summed E-state index contributed by atoms with van der Waals surface area (Å²) in [6, 6.07) is 10.1. The predicted molar refractivity (Wildman–Crippen MR) is 76.5 cm³/mol. The molecule has 2 aromatic carbocycles. The molecule has 0 saturated carbocycles. The number of nitro benzene ring substituents is 1. The summed E-state index contributed by atoms with van der Waals surface area (Å²) in [7, 11) is 0. The van der Waals surface area contributed by atoms with Crippen molar-refractivity contribution in [3.63, 3.8) is 0 Å². The van der Waals surface area contributed by atoms with E-state index in [4.69, 9.17) is 11.6 Å². The smallest absolute Gasteiger partial charge is 0.274 e. The van der Waals surface area contributed by atoms with Gasteiger partial charge in [-0.3, -0.25) is 10.1 Å². The number of nitro groups is 1. The maximum absolute atomic E-state index is 13.6.